The number of aromatic carboxylic acids is 1. The predicted octanol–water partition coefficient (Wildman–Crippen LogP) is 1.74. The van der Waals surface area contributed by atoms with Crippen LogP contribution < -0.4 is 0 Å². The molecule has 2 aromatic carbocycles. The number of phenols is 1. The van der Waals surface area contributed by atoms with Gasteiger partial charge in [0.05, 0.1) is 11.1 Å². The molecule has 122 valence electrons. The first-order chi connectivity index (χ1) is 10.7. The summed E-state index contributed by atoms with van der Waals surface area (Å²) in [6.45, 7) is 0. The van der Waals surface area contributed by atoms with Gasteiger partial charge in [0, 0.05) is 0 Å². The average molecular weight is 340 g/mol. The lowest BCUT2D eigenvalue weighted by Crippen LogP contribution is -2.15. The minimum atomic E-state index is -4.96. The molecule has 0 amide bonds. The summed E-state index contributed by atoms with van der Waals surface area (Å²) in [5, 5.41) is 17.3. The molecule has 2 rings (SSSR count). The zero-order valence-corrected chi connectivity index (χ0v) is 12.3. The molecular weight excluding hydrogens is 328 g/mol. The van der Waals surface area contributed by atoms with E-state index in [9.17, 15) is 18.0 Å². The number of benzene rings is 2. The molecule has 0 saturated carbocycles. The van der Waals surface area contributed by atoms with Crippen LogP contribution in [0, 0.1) is 0 Å². The van der Waals surface area contributed by atoms with Crippen molar-refractivity contribution in [3.63, 3.8) is 0 Å². The van der Waals surface area contributed by atoms with Gasteiger partial charge in [-0.05, 0) is 24.3 Å². The Morgan fingerprint density at radius 2 is 1.35 bits per heavy atom. The summed E-state index contributed by atoms with van der Waals surface area (Å²) in [7, 11) is -4.96. The van der Waals surface area contributed by atoms with E-state index in [4.69, 9.17) is 14.8 Å². The standard InChI is InChI=1S/C8H6O7S.C6H6O/c9-7(10)5-3-1-2-4-6(5)8(11)15-16(12,13)14;7-6-4-2-1-3-5-6/h1-4H,(H,9,10)(H,12,13,14);1-5,7H. The second-order valence-corrected chi connectivity index (χ2v) is 5.01. The van der Waals surface area contributed by atoms with Gasteiger partial charge in [-0.2, -0.15) is 8.42 Å². The lowest BCUT2D eigenvalue weighted by Gasteiger charge is -2.03. The van der Waals surface area contributed by atoms with Crippen LogP contribution in [0.2, 0.25) is 0 Å². The topological polar surface area (TPSA) is 138 Å². The third kappa shape index (κ3) is 6.59. The maximum atomic E-state index is 11.2. The van der Waals surface area contributed by atoms with Crippen molar-refractivity contribution in [2.75, 3.05) is 0 Å². The van der Waals surface area contributed by atoms with Gasteiger partial charge in [-0.1, -0.05) is 30.3 Å². The molecule has 0 atom stereocenters. The van der Waals surface area contributed by atoms with Crippen molar-refractivity contribution >= 4 is 22.3 Å². The number of para-hydroxylation sites is 1. The predicted molar refractivity (Wildman–Crippen MR) is 78.5 cm³/mol. The van der Waals surface area contributed by atoms with Gasteiger partial charge in [0.1, 0.15) is 5.75 Å². The molecule has 2 aromatic rings. The highest BCUT2D eigenvalue weighted by atomic mass is 32.3. The number of aromatic hydroxyl groups is 1. The molecule has 0 spiro atoms. The fraction of sp³-hybridized carbons (Fsp3) is 0. The van der Waals surface area contributed by atoms with Crippen LogP contribution in [-0.4, -0.2) is 35.1 Å². The minimum absolute atomic E-state index is 0.322. The molecule has 9 heteroatoms. The SMILES string of the molecule is O=C(O)c1ccccc1C(=O)OS(=O)(=O)O.Oc1ccccc1. The van der Waals surface area contributed by atoms with Gasteiger partial charge in [0.2, 0.25) is 0 Å². The van der Waals surface area contributed by atoms with E-state index in [1.54, 1.807) is 24.3 Å². The van der Waals surface area contributed by atoms with Gasteiger partial charge in [-0.3, -0.25) is 4.55 Å². The quantitative estimate of drug-likeness (QED) is 0.718. The second kappa shape index (κ2) is 7.92. The first-order valence-electron chi connectivity index (χ1n) is 5.98. The van der Waals surface area contributed by atoms with E-state index >= 15 is 0 Å². The lowest BCUT2D eigenvalue weighted by molar-refractivity contribution is 0.0664. The van der Waals surface area contributed by atoms with Crippen LogP contribution in [0.15, 0.2) is 54.6 Å². The highest BCUT2D eigenvalue weighted by Gasteiger charge is 2.21. The van der Waals surface area contributed by atoms with Crippen molar-refractivity contribution in [2.24, 2.45) is 0 Å². The molecular formula is C14H12O8S. The smallest absolute Gasteiger partial charge is 0.449 e. The zero-order valence-electron chi connectivity index (χ0n) is 11.5. The van der Waals surface area contributed by atoms with Gasteiger partial charge in [0.25, 0.3) is 0 Å². The van der Waals surface area contributed by atoms with Crippen molar-refractivity contribution in [2.45, 2.75) is 0 Å². The van der Waals surface area contributed by atoms with Gasteiger partial charge in [0.15, 0.2) is 0 Å². The van der Waals surface area contributed by atoms with E-state index in [-0.39, 0.29) is 0 Å². The van der Waals surface area contributed by atoms with E-state index in [0.29, 0.717) is 5.75 Å². The van der Waals surface area contributed by atoms with Gasteiger partial charge in [-0.15, -0.1) is 0 Å². The summed E-state index contributed by atoms with van der Waals surface area (Å²) < 4.78 is 32.4. The van der Waals surface area contributed by atoms with Crippen LogP contribution in [0.3, 0.4) is 0 Å². The Balaban J connectivity index is 0.000000313. The fourth-order valence-corrected chi connectivity index (χ4v) is 1.70. The molecule has 0 heterocycles. The molecule has 0 bridgehead atoms. The molecule has 0 saturated heterocycles. The largest absolute Gasteiger partial charge is 0.508 e. The Labute approximate surface area is 131 Å². The molecule has 0 aromatic heterocycles. The third-order valence-electron chi connectivity index (χ3n) is 2.31. The van der Waals surface area contributed by atoms with E-state index in [1.807, 2.05) is 6.07 Å². The van der Waals surface area contributed by atoms with Crippen molar-refractivity contribution in [1.29, 1.82) is 0 Å². The first kappa shape index (κ1) is 18.1. The van der Waals surface area contributed by atoms with Gasteiger partial charge >= 0.3 is 22.3 Å². The monoisotopic (exact) mass is 340 g/mol. The number of phenolic OH excluding ortho intramolecular Hbond substituents is 1. The van der Waals surface area contributed by atoms with E-state index in [0.717, 1.165) is 12.1 Å². The molecule has 0 aliphatic carbocycles. The highest BCUT2D eigenvalue weighted by molar-refractivity contribution is 7.81. The fourth-order valence-electron chi connectivity index (χ4n) is 1.42. The summed E-state index contributed by atoms with van der Waals surface area (Å²) in [5.41, 5.74) is -0.885. The molecule has 3 N–H and O–H groups in total. The number of carboxylic acids is 1. The van der Waals surface area contributed by atoms with Crippen molar-refractivity contribution in [3.8, 4) is 5.75 Å². The summed E-state index contributed by atoms with van der Waals surface area (Å²) >= 11 is 0. The van der Waals surface area contributed by atoms with Crippen molar-refractivity contribution < 1.29 is 37.0 Å². The van der Waals surface area contributed by atoms with Crippen LogP contribution in [0.25, 0.3) is 0 Å². The number of rotatable bonds is 3. The number of carboxylic acid groups (broad SMARTS) is 1. The first-order valence-corrected chi connectivity index (χ1v) is 7.35. The van der Waals surface area contributed by atoms with E-state index in [1.165, 1.54) is 12.1 Å². The Kier molecular flexibility index (Phi) is 6.24. The highest BCUT2D eigenvalue weighted by Crippen LogP contribution is 2.11. The molecule has 23 heavy (non-hydrogen) atoms. The molecule has 0 radical (unpaired) electrons. The summed E-state index contributed by atoms with van der Waals surface area (Å²) in [4.78, 5) is 21.8. The van der Waals surface area contributed by atoms with Crippen LogP contribution in [0.1, 0.15) is 20.7 Å². The summed E-state index contributed by atoms with van der Waals surface area (Å²) in [6.07, 6.45) is 0. The van der Waals surface area contributed by atoms with Crippen LogP contribution >= 0.6 is 0 Å². The zero-order chi connectivity index (χ0) is 17.5. The number of carbonyl (C=O) groups excluding carboxylic acids is 1. The van der Waals surface area contributed by atoms with Gasteiger partial charge < -0.3 is 14.4 Å². The number of hydrogen-bond acceptors (Lipinski definition) is 6. The average Bonchev–Trinajstić information content (AvgIpc) is 2.47. The second-order valence-electron chi connectivity index (χ2n) is 3.98. The molecule has 0 unspecified atom stereocenters. The van der Waals surface area contributed by atoms with E-state index < -0.39 is 33.5 Å². The van der Waals surface area contributed by atoms with Crippen LogP contribution in [0.4, 0.5) is 0 Å². The summed E-state index contributed by atoms with van der Waals surface area (Å²) in [6, 6.07) is 13.6. The molecule has 8 nitrogen and oxygen atoms in total. The maximum Gasteiger partial charge on any atom is 0.449 e. The molecule has 0 fully saturated rings. The maximum absolute atomic E-state index is 11.2. The van der Waals surface area contributed by atoms with E-state index in [2.05, 4.69) is 4.18 Å². The lowest BCUT2D eigenvalue weighted by atomic mass is 10.1. The number of hydrogen-bond donors (Lipinski definition) is 3. The van der Waals surface area contributed by atoms with Crippen molar-refractivity contribution in [1.82, 2.24) is 0 Å². The minimum Gasteiger partial charge on any atom is -0.508 e. The van der Waals surface area contributed by atoms with Crippen molar-refractivity contribution in [3.05, 3.63) is 65.7 Å². The Bertz CT molecular complexity index is 783. The summed E-state index contributed by atoms with van der Waals surface area (Å²) in [5.74, 6) is -2.55. The van der Waals surface area contributed by atoms with Crippen LogP contribution in [-0.2, 0) is 14.6 Å². The molecule has 0 aliphatic heterocycles. The number of carbonyl (C=O) groups is 2. The Hall–Kier alpha value is -2.91. The Morgan fingerprint density at radius 1 is 0.870 bits per heavy atom. The normalized spacial score (nSPS) is 10.1. The molecule has 0 aliphatic rings. The third-order valence-corrected chi connectivity index (χ3v) is 2.68. The Morgan fingerprint density at radius 3 is 1.74 bits per heavy atom. The van der Waals surface area contributed by atoms with Crippen LogP contribution in [0.5, 0.6) is 5.75 Å². The van der Waals surface area contributed by atoms with Gasteiger partial charge in [-0.25, -0.2) is 9.59 Å².